The zero-order valence-electron chi connectivity index (χ0n) is 27.2. The van der Waals surface area contributed by atoms with Gasteiger partial charge in [0.2, 0.25) is 11.8 Å². The van der Waals surface area contributed by atoms with Crippen LogP contribution in [0.5, 0.6) is 5.75 Å². The fourth-order valence-electron chi connectivity index (χ4n) is 5.07. The van der Waals surface area contributed by atoms with Gasteiger partial charge in [0.1, 0.15) is 18.3 Å². The summed E-state index contributed by atoms with van der Waals surface area (Å²) in [5, 5.41) is 3.53. The largest absolute Gasteiger partial charge is 0.494 e. The fraction of sp³-hybridized carbons (Fsp3) is 0.297. The van der Waals surface area contributed by atoms with Crippen molar-refractivity contribution in [3.05, 3.63) is 125 Å². The van der Waals surface area contributed by atoms with Gasteiger partial charge < -0.3 is 15.0 Å². The average Bonchev–Trinajstić information content (AvgIpc) is 3.06. The van der Waals surface area contributed by atoms with Crippen LogP contribution in [0.15, 0.2) is 108 Å². The number of ether oxygens (including phenoxy) is 1. The van der Waals surface area contributed by atoms with E-state index >= 15 is 0 Å². The maximum atomic E-state index is 14.6. The quantitative estimate of drug-likeness (QED) is 0.150. The molecular weight excluding hydrogens is 634 g/mol. The van der Waals surface area contributed by atoms with Crippen molar-refractivity contribution in [3.8, 4) is 5.75 Å². The number of anilines is 1. The number of hydrogen-bond acceptors (Lipinski definition) is 5. The number of nitrogens with one attached hydrogen (secondary N) is 1. The number of rotatable bonds is 15. The zero-order valence-corrected chi connectivity index (χ0v) is 28.8. The molecule has 0 fully saturated rings. The van der Waals surface area contributed by atoms with Gasteiger partial charge in [-0.25, -0.2) is 8.42 Å². The molecule has 47 heavy (non-hydrogen) atoms. The Morgan fingerprint density at radius 2 is 1.53 bits per heavy atom. The number of halogens is 1. The molecule has 0 aromatic heterocycles. The van der Waals surface area contributed by atoms with Crippen LogP contribution < -0.4 is 14.4 Å². The summed E-state index contributed by atoms with van der Waals surface area (Å²) in [6.45, 7) is 7.56. The lowest BCUT2D eigenvalue weighted by Gasteiger charge is -2.34. The first-order chi connectivity index (χ1) is 22.5. The van der Waals surface area contributed by atoms with Gasteiger partial charge >= 0.3 is 0 Å². The maximum absolute atomic E-state index is 14.6. The first-order valence-corrected chi connectivity index (χ1v) is 17.5. The number of benzene rings is 4. The standard InChI is InChI=1S/C37H42ClN3O5S/c1-5-28(4)39-37(43)35(24-29-11-8-7-9-12-29)40(25-30-13-10-14-31(38)23-30)36(42)26-41(32-17-15-27(3)16-18-32)47(44,45)34-21-19-33(20-22-34)46-6-2/h7-23,28,35H,5-6,24-26H2,1-4H3,(H,39,43). The summed E-state index contributed by atoms with van der Waals surface area (Å²) in [6.07, 6.45) is 0.930. The van der Waals surface area contributed by atoms with E-state index in [9.17, 15) is 18.0 Å². The molecule has 0 spiro atoms. The molecule has 4 rings (SSSR count). The van der Waals surface area contributed by atoms with Crippen molar-refractivity contribution in [1.29, 1.82) is 0 Å². The van der Waals surface area contributed by atoms with Gasteiger partial charge in [0.25, 0.3) is 10.0 Å². The smallest absolute Gasteiger partial charge is 0.264 e. The highest BCUT2D eigenvalue weighted by atomic mass is 35.5. The molecule has 0 saturated carbocycles. The number of aryl methyl sites for hydroxylation is 1. The Balaban J connectivity index is 1.80. The monoisotopic (exact) mass is 675 g/mol. The summed E-state index contributed by atoms with van der Waals surface area (Å²) in [7, 11) is -4.23. The zero-order chi connectivity index (χ0) is 34.0. The van der Waals surface area contributed by atoms with Crippen molar-refractivity contribution in [2.75, 3.05) is 17.5 Å². The van der Waals surface area contributed by atoms with E-state index in [1.165, 1.54) is 17.0 Å². The minimum atomic E-state index is -4.23. The molecule has 2 unspecified atom stereocenters. The number of amides is 2. The van der Waals surface area contributed by atoms with Crippen molar-refractivity contribution in [2.45, 2.75) is 64.1 Å². The number of carbonyl (C=O) groups is 2. The van der Waals surface area contributed by atoms with Crippen LogP contribution in [0.1, 0.15) is 43.9 Å². The van der Waals surface area contributed by atoms with E-state index in [1.54, 1.807) is 54.6 Å². The Morgan fingerprint density at radius 3 is 2.15 bits per heavy atom. The highest BCUT2D eigenvalue weighted by Gasteiger charge is 2.35. The van der Waals surface area contributed by atoms with Gasteiger partial charge in [0.05, 0.1) is 17.2 Å². The minimum absolute atomic E-state index is 0.00562. The molecule has 1 N–H and O–H groups in total. The maximum Gasteiger partial charge on any atom is 0.264 e. The van der Waals surface area contributed by atoms with E-state index in [2.05, 4.69) is 5.32 Å². The highest BCUT2D eigenvalue weighted by molar-refractivity contribution is 7.92. The second-order valence-electron chi connectivity index (χ2n) is 11.4. The van der Waals surface area contributed by atoms with Crippen molar-refractivity contribution in [3.63, 3.8) is 0 Å². The summed E-state index contributed by atoms with van der Waals surface area (Å²) in [4.78, 5) is 30.0. The molecule has 0 aliphatic heterocycles. The average molecular weight is 676 g/mol. The Kier molecular flexibility index (Phi) is 12.4. The van der Waals surface area contributed by atoms with Crippen LogP contribution in [0, 0.1) is 6.92 Å². The molecule has 4 aromatic carbocycles. The van der Waals surface area contributed by atoms with Crippen molar-refractivity contribution in [2.24, 2.45) is 0 Å². The number of carbonyl (C=O) groups excluding carboxylic acids is 2. The molecule has 4 aromatic rings. The topological polar surface area (TPSA) is 96.0 Å². The molecule has 0 aliphatic rings. The molecule has 2 amide bonds. The molecule has 10 heteroatoms. The van der Waals surface area contributed by atoms with Crippen molar-refractivity contribution < 1.29 is 22.7 Å². The number of nitrogens with zero attached hydrogens (tertiary/aromatic N) is 2. The molecule has 2 atom stereocenters. The van der Waals surface area contributed by atoms with Gasteiger partial charge in [-0.3, -0.25) is 13.9 Å². The van der Waals surface area contributed by atoms with Gasteiger partial charge in [-0.05, 0) is 86.8 Å². The molecule has 0 heterocycles. The first-order valence-electron chi connectivity index (χ1n) is 15.7. The third kappa shape index (κ3) is 9.59. The number of sulfonamides is 1. The van der Waals surface area contributed by atoms with Crippen LogP contribution in [0.4, 0.5) is 5.69 Å². The SMILES string of the molecule is CCOc1ccc(S(=O)(=O)N(CC(=O)N(Cc2cccc(Cl)c2)C(Cc2ccccc2)C(=O)NC(C)CC)c2ccc(C)cc2)cc1. The van der Waals surface area contributed by atoms with Crippen LogP contribution in [0.25, 0.3) is 0 Å². The number of hydrogen-bond donors (Lipinski definition) is 1. The summed E-state index contributed by atoms with van der Waals surface area (Å²) in [5.74, 6) is -0.330. The molecule has 248 valence electrons. The van der Waals surface area contributed by atoms with Crippen LogP contribution >= 0.6 is 11.6 Å². The van der Waals surface area contributed by atoms with E-state index in [0.29, 0.717) is 35.1 Å². The summed E-state index contributed by atoms with van der Waals surface area (Å²) in [5.41, 5.74) is 2.82. The lowest BCUT2D eigenvalue weighted by Crippen LogP contribution is -2.54. The minimum Gasteiger partial charge on any atom is -0.494 e. The Hall–Kier alpha value is -4.34. The Morgan fingerprint density at radius 1 is 0.872 bits per heavy atom. The van der Waals surface area contributed by atoms with Gasteiger partial charge in [0, 0.05) is 24.0 Å². The van der Waals surface area contributed by atoms with Gasteiger partial charge in [-0.1, -0.05) is 78.7 Å². The Labute approximate surface area is 283 Å². The van der Waals surface area contributed by atoms with Gasteiger partial charge in [0.15, 0.2) is 0 Å². The molecular formula is C37H42ClN3O5S. The van der Waals surface area contributed by atoms with E-state index in [-0.39, 0.29) is 29.8 Å². The van der Waals surface area contributed by atoms with E-state index in [0.717, 1.165) is 15.4 Å². The predicted octanol–water partition coefficient (Wildman–Crippen LogP) is 6.80. The lowest BCUT2D eigenvalue weighted by atomic mass is 10.0. The molecule has 0 saturated heterocycles. The molecule has 0 aliphatic carbocycles. The fourth-order valence-corrected chi connectivity index (χ4v) is 6.70. The summed E-state index contributed by atoms with van der Waals surface area (Å²) >= 11 is 6.32. The predicted molar refractivity (Wildman–Crippen MR) is 187 cm³/mol. The van der Waals surface area contributed by atoms with Crippen LogP contribution in [-0.4, -0.2) is 50.4 Å². The van der Waals surface area contributed by atoms with Crippen LogP contribution in [0.2, 0.25) is 5.02 Å². The molecule has 8 nitrogen and oxygen atoms in total. The molecule has 0 radical (unpaired) electrons. The van der Waals surface area contributed by atoms with E-state index in [4.69, 9.17) is 16.3 Å². The Bertz CT molecular complexity index is 1730. The van der Waals surface area contributed by atoms with Crippen molar-refractivity contribution >= 4 is 39.1 Å². The first kappa shape index (κ1) is 35.5. The summed E-state index contributed by atoms with van der Waals surface area (Å²) in [6, 6.07) is 28.5. The third-order valence-corrected chi connectivity index (χ3v) is 9.86. The summed E-state index contributed by atoms with van der Waals surface area (Å²) < 4.78 is 35.1. The van der Waals surface area contributed by atoms with E-state index in [1.807, 2.05) is 64.1 Å². The normalized spacial score (nSPS) is 12.5. The van der Waals surface area contributed by atoms with Crippen LogP contribution in [0.3, 0.4) is 0 Å². The highest BCUT2D eigenvalue weighted by Crippen LogP contribution is 2.27. The van der Waals surface area contributed by atoms with E-state index < -0.39 is 28.5 Å². The molecule has 0 bridgehead atoms. The second-order valence-corrected chi connectivity index (χ2v) is 13.7. The van der Waals surface area contributed by atoms with Crippen LogP contribution in [-0.2, 0) is 32.6 Å². The third-order valence-electron chi connectivity index (χ3n) is 7.84. The second kappa shape index (κ2) is 16.5. The van der Waals surface area contributed by atoms with Gasteiger partial charge in [-0.15, -0.1) is 0 Å². The lowest BCUT2D eigenvalue weighted by molar-refractivity contribution is -0.140. The van der Waals surface area contributed by atoms with Crippen molar-refractivity contribution in [1.82, 2.24) is 10.2 Å². The van der Waals surface area contributed by atoms with Gasteiger partial charge in [-0.2, -0.15) is 0 Å².